The average molecular weight is 284 g/mol. The van der Waals surface area contributed by atoms with Crippen molar-refractivity contribution >= 4 is 39.6 Å². The first-order valence-electron chi connectivity index (χ1n) is 6.32. The van der Waals surface area contributed by atoms with Crippen LogP contribution in [0.25, 0.3) is 10.8 Å². The number of nitrogens with one attached hydrogen (secondary N) is 1. The predicted molar refractivity (Wildman–Crippen MR) is 85.6 cm³/mol. The van der Waals surface area contributed by atoms with Crippen LogP contribution in [0, 0.1) is 6.92 Å². The van der Waals surface area contributed by atoms with Gasteiger partial charge in [-0.3, -0.25) is 0 Å². The standard InChI is InChI=1S/C16H14ClN3/c1-10-8-14-13(6-3-7-15(14)18)16(19-10)20-12-5-2-4-11(17)9-12/h2-9H,18H2,1H3,(H,19,20). The van der Waals surface area contributed by atoms with Crippen molar-refractivity contribution in [3.05, 3.63) is 59.2 Å². The minimum atomic E-state index is 0.687. The van der Waals surface area contributed by atoms with E-state index in [0.29, 0.717) is 5.02 Å². The van der Waals surface area contributed by atoms with Gasteiger partial charge in [0.05, 0.1) is 0 Å². The summed E-state index contributed by atoms with van der Waals surface area (Å²) < 4.78 is 0. The lowest BCUT2D eigenvalue weighted by Gasteiger charge is -2.11. The minimum absolute atomic E-state index is 0.687. The highest BCUT2D eigenvalue weighted by molar-refractivity contribution is 6.30. The monoisotopic (exact) mass is 283 g/mol. The molecule has 0 saturated heterocycles. The molecule has 0 aliphatic rings. The molecule has 0 saturated carbocycles. The van der Waals surface area contributed by atoms with E-state index in [0.717, 1.165) is 33.7 Å². The van der Waals surface area contributed by atoms with E-state index in [2.05, 4.69) is 10.3 Å². The van der Waals surface area contributed by atoms with Gasteiger partial charge in [0.15, 0.2) is 0 Å². The Labute approximate surface area is 122 Å². The second kappa shape index (κ2) is 5.02. The van der Waals surface area contributed by atoms with Crippen molar-refractivity contribution in [1.29, 1.82) is 0 Å². The number of anilines is 3. The quantitative estimate of drug-likeness (QED) is 0.680. The van der Waals surface area contributed by atoms with Gasteiger partial charge in [0.2, 0.25) is 0 Å². The second-order valence-electron chi connectivity index (χ2n) is 4.69. The number of fused-ring (bicyclic) bond motifs is 1. The zero-order chi connectivity index (χ0) is 14.1. The van der Waals surface area contributed by atoms with E-state index >= 15 is 0 Å². The van der Waals surface area contributed by atoms with E-state index in [-0.39, 0.29) is 0 Å². The number of benzene rings is 2. The van der Waals surface area contributed by atoms with Crippen LogP contribution in [0.15, 0.2) is 48.5 Å². The number of hydrogen-bond acceptors (Lipinski definition) is 3. The summed E-state index contributed by atoms with van der Waals surface area (Å²) in [5.74, 6) is 0.787. The molecule has 3 aromatic rings. The van der Waals surface area contributed by atoms with Crippen molar-refractivity contribution in [3.63, 3.8) is 0 Å². The maximum atomic E-state index is 6.03. The largest absolute Gasteiger partial charge is 0.398 e. The Kier molecular flexibility index (Phi) is 3.20. The number of pyridine rings is 1. The van der Waals surface area contributed by atoms with Crippen LogP contribution in [0.2, 0.25) is 5.02 Å². The molecule has 4 heteroatoms. The molecule has 3 nitrogen and oxygen atoms in total. The van der Waals surface area contributed by atoms with Crippen LogP contribution in [-0.2, 0) is 0 Å². The van der Waals surface area contributed by atoms with Crippen molar-refractivity contribution in [2.45, 2.75) is 6.92 Å². The highest BCUT2D eigenvalue weighted by atomic mass is 35.5. The highest BCUT2D eigenvalue weighted by Crippen LogP contribution is 2.29. The molecular weight excluding hydrogens is 270 g/mol. The summed E-state index contributed by atoms with van der Waals surface area (Å²) in [5.41, 5.74) is 8.61. The summed E-state index contributed by atoms with van der Waals surface area (Å²) >= 11 is 6.01. The Hall–Kier alpha value is -2.26. The van der Waals surface area contributed by atoms with Gasteiger partial charge in [-0.05, 0) is 37.3 Å². The Balaban J connectivity index is 2.14. The maximum absolute atomic E-state index is 6.03. The van der Waals surface area contributed by atoms with Gasteiger partial charge in [-0.1, -0.05) is 29.8 Å². The number of nitrogen functional groups attached to an aromatic ring is 1. The van der Waals surface area contributed by atoms with E-state index in [9.17, 15) is 0 Å². The third-order valence-electron chi connectivity index (χ3n) is 3.12. The lowest BCUT2D eigenvalue weighted by Crippen LogP contribution is -1.98. The maximum Gasteiger partial charge on any atom is 0.138 e. The molecule has 0 aliphatic heterocycles. The van der Waals surface area contributed by atoms with Crippen molar-refractivity contribution in [3.8, 4) is 0 Å². The third-order valence-corrected chi connectivity index (χ3v) is 3.36. The van der Waals surface area contributed by atoms with Crippen LogP contribution in [-0.4, -0.2) is 4.98 Å². The lowest BCUT2D eigenvalue weighted by molar-refractivity contribution is 1.22. The molecule has 100 valence electrons. The van der Waals surface area contributed by atoms with E-state index < -0.39 is 0 Å². The van der Waals surface area contributed by atoms with Crippen LogP contribution < -0.4 is 11.1 Å². The molecule has 0 unspecified atom stereocenters. The molecule has 0 aliphatic carbocycles. The minimum Gasteiger partial charge on any atom is -0.398 e. The van der Waals surface area contributed by atoms with Gasteiger partial charge in [0, 0.05) is 32.9 Å². The second-order valence-corrected chi connectivity index (χ2v) is 5.13. The van der Waals surface area contributed by atoms with Gasteiger partial charge < -0.3 is 11.1 Å². The normalized spacial score (nSPS) is 10.7. The predicted octanol–water partition coefficient (Wildman–Crippen LogP) is 4.52. The molecule has 1 heterocycles. The van der Waals surface area contributed by atoms with Crippen LogP contribution in [0.5, 0.6) is 0 Å². The van der Waals surface area contributed by atoms with Gasteiger partial charge in [-0.2, -0.15) is 0 Å². The number of nitrogens with zero attached hydrogens (tertiary/aromatic N) is 1. The molecular formula is C16H14ClN3. The molecule has 0 bridgehead atoms. The van der Waals surface area contributed by atoms with Gasteiger partial charge in [-0.25, -0.2) is 4.98 Å². The van der Waals surface area contributed by atoms with E-state index in [1.165, 1.54) is 0 Å². The number of hydrogen-bond donors (Lipinski definition) is 2. The molecule has 0 spiro atoms. The third kappa shape index (κ3) is 2.40. The summed E-state index contributed by atoms with van der Waals surface area (Å²) in [6, 6.07) is 15.4. The zero-order valence-corrected chi connectivity index (χ0v) is 11.8. The van der Waals surface area contributed by atoms with E-state index in [4.69, 9.17) is 17.3 Å². The first-order chi connectivity index (χ1) is 9.63. The molecule has 3 rings (SSSR count). The lowest BCUT2D eigenvalue weighted by atomic mass is 10.1. The molecule has 0 radical (unpaired) electrons. The first kappa shape index (κ1) is 12.8. The summed E-state index contributed by atoms with van der Waals surface area (Å²) in [7, 11) is 0. The van der Waals surface area contributed by atoms with Gasteiger partial charge >= 0.3 is 0 Å². The van der Waals surface area contributed by atoms with Gasteiger partial charge in [-0.15, -0.1) is 0 Å². The fraction of sp³-hybridized carbons (Fsp3) is 0.0625. The molecule has 0 atom stereocenters. The van der Waals surface area contributed by atoms with Crippen molar-refractivity contribution in [2.75, 3.05) is 11.1 Å². The fourth-order valence-corrected chi connectivity index (χ4v) is 2.42. The number of nitrogens with two attached hydrogens (primary N) is 1. The number of halogens is 1. The van der Waals surface area contributed by atoms with Crippen molar-refractivity contribution in [2.24, 2.45) is 0 Å². The molecule has 3 N–H and O–H groups in total. The molecule has 20 heavy (non-hydrogen) atoms. The van der Waals surface area contributed by atoms with Crippen molar-refractivity contribution < 1.29 is 0 Å². The Morgan fingerprint density at radius 2 is 1.85 bits per heavy atom. The zero-order valence-electron chi connectivity index (χ0n) is 11.0. The average Bonchev–Trinajstić information content (AvgIpc) is 2.40. The first-order valence-corrected chi connectivity index (χ1v) is 6.70. The Morgan fingerprint density at radius 3 is 2.65 bits per heavy atom. The summed E-state index contributed by atoms with van der Waals surface area (Å²) in [4.78, 5) is 4.56. The number of rotatable bonds is 2. The number of aromatic nitrogens is 1. The molecule has 0 fully saturated rings. The summed E-state index contributed by atoms with van der Waals surface area (Å²) in [5, 5.41) is 5.99. The number of aryl methyl sites for hydroxylation is 1. The van der Waals surface area contributed by atoms with Crippen LogP contribution in [0.3, 0.4) is 0 Å². The molecule has 2 aromatic carbocycles. The topological polar surface area (TPSA) is 50.9 Å². The van der Waals surface area contributed by atoms with Crippen LogP contribution >= 0.6 is 11.6 Å². The molecule has 1 aromatic heterocycles. The summed E-state index contributed by atoms with van der Waals surface area (Å²) in [6.07, 6.45) is 0. The van der Waals surface area contributed by atoms with Gasteiger partial charge in [0.25, 0.3) is 0 Å². The van der Waals surface area contributed by atoms with Crippen molar-refractivity contribution in [1.82, 2.24) is 4.98 Å². The van der Waals surface area contributed by atoms with Crippen LogP contribution in [0.1, 0.15) is 5.69 Å². The Morgan fingerprint density at radius 1 is 1.05 bits per heavy atom. The van der Waals surface area contributed by atoms with Gasteiger partial charge in [0.1, 0.15) is 5.82 Å². The highest BCUT2D eigenvalue weighted by Gasteiger charge is 2.07. The summed E-state index contributed by atoms with van der Waals surface area (Å²) in [6.45, 7) is 1.95. The molecule has 0 amide bonds. The fourth-order valence-electron chi connectivity index (χ4n) is 2.23. The SMILES string of the molecule is Cc1cc2c(N)cccc2c(Nc2cccc(Cl)c2)n1. The van der Waals surface area contributed by atoms with Crippen LogP contribution in [0.4, 0.5) is 17.2 Å². The Bertz CT molecular complexity index is 784. The smallest absolute Gasteiger partial charge is 0.138 e. The van der Waals surface area contributed by atoms with E-state index in [1.807, 2.05) is 55.5 Å². The van der Waals surface area contributed by atoms with E-state index in [1.54, 1.807) is 0 Å².